The van der Waals surface area contributed by atoms with Crippen molar-refractivity contribution in [3.8, 4) is 0 Å². The number of aryl methyl sites for hydroxylation is 1. The van der Waals surface area contributed by atoms with Gasteiger partial charge in [0.2, 0.25) is 5.13 Å². The first kappa shape index (κ1) is 9.58. The number of aromatic nitrogens is 2. The van der Waals surface area contributed by atoms with Gasteiger partial charge in [0.25, 0.3) is 0 Å². The van der Waals surface area contributed by atoms with Crippen molar-refractivity contribution in [1.82, 2.24) is 9.36 Å². The zero-order valence-electron chi connectivity index (χ0n) is 8.14. The van der Waals surface area contributed by atoms with Crippen LogP contribution in [0.15, 0.2) is 0 Å². The lowest BCUT2D eigenvalue weighted by atomic mass is 10.0. The topological polar surface area (TPSA) is 46.1 Å². The molecule has 0 saturated carbocycles. The van der Waals surface area contributed by atoms with Crippen LogP contribution < -0.4 is 4.90 Å². The third kappa shape index (κ3) is 1.92. The highest BCUT2D eigenvalue weighted by molar-refractivity contribution is 7.09. The molecule has 14 heavy (non-hydrogen) atoms. The molecule has 76 valence electrons. The van der Waals surface area contributed by atoms with Crippen LogP contribution >= 0.6 is 11.5 Å². The Morgan fingerprint density at radius 3 is 3.14 bits per heavy atom. The summed E-state index contributed by atoms with van der Waals surface area (Å²) in [5.41, 5.74) is 0. The highest BCUT2D eigenvalue weighted by Crippen LogP contribution is 2.23. The lowest BCUT2D eigenvalue weighted by Crippen LogP contribution is -2.35. The molecule has 1 fully saturated rings. The van der Waals surface area contributed by atoms with Crippen LogP contribution in [-0.2, 0) is 4.79 Å². The first-order chi connectivity index (χ1) is 6.79. The molecule has 1 aromatic rings. The molecule has 4 nitrogen and oxygen atoms in total. The lowest BCUT2D eigenvalue weighted by molar-refractivity contribution is -0.111. The third-order valence-electron chi connectivity index (χ3n) is 2.44. The van der Waals surface area contributed by atoms with Gasteiger partial charge in [0.15, 0.2) is 0 Å². The summed E-state index contributed by atoms with van der Waals surface area (Å²) in [5.74, 6) is 0.992. The minimum atomic E-state index is 0.174. The molecule has 2 heterocycles. The van der Waals surface area contributed by atoms with Crippen LogP contribution in [0, 0.1) is 12.8 Å². The number of carbonyl (C=O) groups excluding carboxylic acids is 1. The fourth-order valence-electron chi connectivity index (χ4n) is 1.71. The molecule has 2 rings (SSSR count). The van der Waals surface area contributed by atoms with Gasteiger partial charge in [-0.1, -0.05) is 0 Å². The minimum Gasteiger partial charge on any atom is -0.346 e. The summed E-state index contributed by atoms with van der Waals surface area (Å²) < 4.78 is 4.14. The van der Waals surface area contributed by atoms with E-state index in [0.717, 1.165) is 43.2 Å². The Bertz CT molecular complexity index is 326. The number of carbonyl (C=O) groups is 1. The van der Waals surface area contributed by atoms with Gasteiger partial charge in [0.05, 0.1) is 0 Å². The maximum atomic E-state index is 10.7. The number of hydrogen-bond acceptors (Lipinski definition) is 5. The zero-order valence-corrected chi connectivity index (χ0v) is 8.96. The quantitative estimate of drug-likeness (QED) is 0.691. The van der Waals surface area contributed by atoms with E-state index in [1.54, 1.807) is 0 Å². The van der Waals surface area contributed by atoms with Gasteiger partial charge in [0.1, 0.15) is 12.1 Å². The highest BCUT2D eigenvalue weighted by atomic mass is 32.1. The van der Waals surface area contributed by atoms with Crippen molar-refractivity contribution >= 4 is 23.0 Å². The van der Waals surface area contributed by atoms with Gasteiger partial charge in [-0.3, -0.25) is 0 Å². The van der Waals surface area contributed by atoms with Crippen LogP contribution in [0.2, 0.25) is 0 Å². The van der Waals surface area contributed by atoms with Gasteiger partial charge in [-0.25, -0.2) is 4.98 Å². The monoisotopic (exact) mass is 211 g/mol. The van der Waals surface area contributed by atoms with Gasteiger partial charge in [-0.2, -0.15) is 4.37 Å². The molecule has 5 heteroatoms. The number of hydrogen-bond donors (Lipinski definition) is 0. The summed E-state index contributed by atoms with van der Waals surface area (Å²) >= 11 is 1.42. The molecule has 1 saturated heterocycles. The summed E-state index contributed by atoms with van der Waals surface area (Å²) in [6.45, 7) is 3.69. The van der Waals surface area contributed by atoms with Crippen LogP contribution in [0.25, 0.3) is 0 Å². The maximum absolute atomic E-state index is 10.7. The smallest absolute Gasteiger partial charge is 0.205 e. The normalized spacial score (nSPS) is 22.4. The van der Waals surface area contributed by atoms with E-state index in [4.69, 9.17) is 0 Å². The van der Waals surface area contributed by atoms with E-state index < -0.39 is 0 Å². The average molecular weight is 211 g/mol. The number of anilines is 1. The molecule has 1 atom stereocenters. The van der Waals surface area contributed by atoms with Gasteiger partial charge >= 0.3 is 0 Å². The van der Waals surface area contributed by atoms with Crippen molar-refractivity contribution in [3.05, 3.63) is 5.82 Å². The molecule has 0 N–H and O–H groups in total. The number of piperidine rings is 1. The van der Waals surface area contributed by atoms with E-state index in [1.165, 1.54) is 11.5 Å². The largest absolute Gasteiger partial charge is 0.346 e. The van der Waals surface area contributed by atoms with Gasteiger partial charge in [-0.05, 0) is 19.8 Å². The van der Waals surface area contributed by atoms with Crippen molar-refractivity contribution in [1.29, 1.82) is 0 Å². The Balaban J connectivity index is 2.07. The van der Waals surface area contributed by atoms with E-state index in [0.29, 0.717) is 0 Å². The van der Waals surface area contributed by atoms with E-state index in [1.807, 2.05) is 6.92 Å². The van der Waals surface area contributed by atoms with Crippen LogP contribution in [-0.4, -0.2) is 28.7 Å². The highest BCUT2D eigenvalue weighted by Gasteiger charge is 2.21. The number of aldehydes is 1. The second-order valence-electron chi connectivity index (χ2n) is 3.61. The molecule has 0 radical (unpaired) electrons. The Kier molecular flexibility index (Phi) is 2.77. The molecular formula is C9H13N3OS. The summed E-state index contributed by atoms with van der Waals surface area (Å²) in [5, 5.41) is 0.953. The van der Waals surface area contributed by atoms with Crippen LogP contribution in [0.1, 0.15) is 18.7 Å². The van der Waals surface area contributed by atoms with Crippen LogP contribution in [0.5, 0.6) is 0 Å². The van der Waals surface area contributed by atoms with Crippen molar-refractivity contribution in [3.63, 3.8) is 0 Å². The van der Waals surface area contributed by atoms with Crippen molar-refractivity contribution in [2.75, 3.05) is 18.0 Å². The molecule has 1 aliphatic heterocycles. The fourth-order valence-corrected chi connectivity index (χ4v) is 2.42. The lowest BCUT2D eigenvalue weighted by Gasteiger charge is -2.29. The molecule has 0 spiro atoms. The molecule has 0 aliphatic carbocycles. The molecule has 0 aromatic carbocycles. The molecule has 1 aliphatic rings. The van der Waals surface area contributed by atoms with Crippen LogP contribution in [0.4, 0.5) is 5.13 Å². The van der Waals surface area contributed by atoms with Gasteiger partial charge in [0, 0.05) is 30.5 Å². The minimum absolute atomic E-state index is 0.174. The van der Waals surface area contributed by atoms with E-state index in [9.17, 15) is 4.79 Å². The first-order valence-electron chi connectivity index (χ1n) is 4.80. The molecule has 1 unspecified atom stereocenters. The van der Waals surface area contributed by atoms with Crippen LogP contribution in [0.3, 0.4) is 0 Å². The Morgan fingerprint density at radius 1 is 1.64 bits per heavy atom. The fraction of sp³-hybridized carbons (Fsp3) is 0.667. The Labute approximate surface area is 87.1 Å². The maximum Gasteiger partial charge on any atom is 0.205 e. The predicted octanol–water partition coefficient (Wildman–Crippen LogP) is 1.26. The van der Waals surface area contributed by atoms with Gasteiger partial charge in [-0.15, -0.1) is 0 Å². The van der Waals surface area contributed by atoms with Gasteiger partial charge < -0.3 is 9.69 Å². The van der Waals surface area contributed by atoms with Crippen molar-refractivity contribution in [2.24, 2.45) is 5.92 Å². The second kappa shape index (κ2) is 4.04. The number of nitrogens with zero attached hydrogens (tertiary/aromatic N) is 3. The molecule has 0 bridgehead atoms. The average Bonchev–Trinajstić information content (AvgIpc) is 2.65. The van der Waals surface area contributed by atoms with E-state index >= 15 is 0 Å². The Hall–Kier alpha value is -0.970. The summed E-state index contributed by atoms with van der Waals surface area (Å²) in [4.78, 5) is 17.2. The van der Waals surface area contributed by atoms with Crippen molar-refractivity contribution in [2.45, 2.75) is 19.8 Å². The number of rotatable bonds is 2. The third-order valence-corrected chi connectivity index (χ3v) is 3.31. The van der Waals surface area contributed by atoms with E-state index in [-0.39, 0.29) is 5.92 Å². The predicted molar refractivity (Wildman–Crippen MR) is 55.6 cm³/mol. The standard InChI is InChI=1S/C9H13N3OS/c1-7-10-9(14-11-7)12-4-2-3-8(5-12)6-13/h6,8H,2-5H2,1H3. The molecular weight excluding hydrogens is 198 g/mol. The zero-order chi connectivity index (χ0) is 9.97. The molecule has 1 aromatic heterocycles. The summed E-state index contributed by atoms with van der Waals surface area (Å²) in [7, 11) is 0. The second-order valence-corrected chi connectivity index (χ2v) is 4.34. The first-order valence-corrected chi connectivity index (χ1v) is 5.57. The molecule has 0 amide bonds. The SMILES string of the molecule is Cc1nsc(N2CCCC(C=O)C2)n1. The Morgan fingerprint density at radius 2 is 2.50 bits per heavy atom. The van der Waals surface area contributed by atoms with Crippen molar-refractivity contribution < 1.29 is 4.79 Å². The summed E-state index contributed by atoms with van der Waals surface area (Å²) in [6.07, 6.45) is 3.14. The van der Waals surface area contributed by atoms with E-state index in [2.05, 4.69) is 14.3 Å². The summed E-state index contributed by atoms with van der Waals surface area (Å²) in [6, 6.07) is 0.